The molecule has 1 atom stereocenters. The molecule has 0 radical (unpaired) electrons. The van der Waals surface area contributed by atoms with Gasteiger partial charge in [0.1, 0.15) is 5.82 Å². The maximum absolute atomic E-state index is 14.5. The second kappa shape index (κ2) is 9.26. The van der Waals surface area contributed by atoms with E-state index in [2.05, 4.69) is 10.3 Å². The van der Waals surface area contributed by atoms with Crippen LogP contribution in [-0.4, -0.2) is 70.5 Å². The molecule has 0 aliphatic carbocycles. The maximum atomic E-state index is 14.5. The molecular weight excluding hydrogens is 463 g/mol. The quantitative estimate of drug-likeness (QED) is 0.587. The van der Waals surface area contributed by atoms with Crippen molar-refractivity contribution in [2.75, 3.05) is 26.7 Å². The summed E-state index contributed by atoms with van der Waals surface area (Å²) < 4.78 is 14.5. The monoisotopic (exact) mass is 484 g/mol. The average Bonchev–Trinajstić information content (AvgIpc) is 2.82. The number of amides is 3. The van der Waals surface area contributed by atoms with Gasteiger partial charge < -0.3 is 20.2 Å². The van der Waals surface area contributed by atoms with Gasteiger partial charge in [-0.15, -0.1) is 0 Å². The van der Waals surface area contributed by atoms with Gasteiger partial charge in [-0.1, -0.05) is 23.7 Å². The first-order chi connectivity index (χ1) is 16.2. The van der Waals surface area contributed by atoms with E-state index >= 15 is 0 Å². The first-order valence-corrected chi connectivity index (χ1v) is 11.0. The van der Waals surface area contributed by atoms with Gasteiger partial charge in [0, 0.05) is 49.2 Å². The molecule has 8 nitrogen and oxygen atoms in total. The molecule has 0 bridgehead atoms. The molecule has 1 saturated heterocycles. The number of carbonyl (C=O) groups is 3. The van der Waals surface area contributed by atoms with Crippen molar-refractivity contribution >= 4 is 40.4 Å². The van der Waals surface area contributed by atoms with E-state index in [4.69, 9.17) is 11.6 Å². The molecule has 2 N–H and O–H groups in total. The number of fused-ring (bicyclic) bond motifs is 1. The number of nitrogens with zero attached hydrogens (tertiary/aromatic N) is 3. The molecular formula is C24H22ClFN4O4. The smallest absolute Gasteiger partial charge is 0.407 e. The third kappa shape index (κ3) is 4.38. The van der Waals surface area contributed by atoms with E-state index in [9.17, 15) is 23.9 Å². The van der Waals surface area contributed by atoms with Gasteiger partial charge in [0.25, 0.3) is 11.8 Å². The van der Waals surface area contributed by atoms with E-state index in [0.29, 0.717) is 32.7 Å². The number of aromatic nitrogens is 1. The van der Waals surface area contributed by atoms with E-state index in [1.807, 2.05) is 0 Å². The van der Waals surface area contributed by atoms with Crippen molar-refractivity contribution in [1.29, 1.82) is 0 Å². The zero-order valence-corrected chi connectivity index (χ0v) is 19.3. The molecule has 3 amide bonds. The van der Waals surface area contributed by atoms with Crippen molar-refractivity contribution < 1.29 is 23.9 Å². The molecule has 34 heavy (non-hydrogen) atoms. The van der Waals surface area contributed by atoms with Crippen LogP contribution in [0, 0.1) is 5.82 Å². The van der Waals surface area contributed by atoms with Gasteiger partial charge >= 0.3 is 6.09 Å². The van der Waals surface area contributed by atoms with Crippen molar-refractivity contribution in [1.82, 2.24) is 20.1 Å². The zero-order valence-electron chi connectivity index (χ0n) is 18.5. The van der Waals surface area contributed by atoms with E-state index in [1.54, 1.807) is 42.2 Å². The van der Waals surface area contributed by atoms with Crippen molar-refractivity contribution in [2.45, 2.75) is 13.0 Å². The number of piperazine rings is 1. The molecule has 1 aromatic heterocycles. The van der Waals surface area contributed by atoms with Crippen LogP contribution in [0.5, 0.6) is 0 Å². The molecule has 10 heteroatoms. The van der Waals surface area contributed by atoms with Crippen LogP contribution in [0.3, 0.4) is 0 Å². The zero-order chi connectivity index (χ0) is 24.6. The van der Waals surface area contributed by atoms with Crippen LogP contribution in [0.4, 0.5) is 9.18 Å². The molecule has 0 saturated carbocycles. The number of pyridine rings is 1. The lowest BCUT2D eigenvalue weighted by Crippen LogP contribution is -2.55. The molecule has 4 rings (SSSR count). The van der Waals surface area contributed by atoms with Crippen LogP contribution in [-0.2, 0) is 0 Å². The topological polar surface area (TPSA) is 103 Å². The van der Waals surface area contributed by atoms with E-state index in [0.717, 1.165) is 0 Å². The Morgan fingerprint density at radius 1 is 1.15 bits per heavy atom. The molecule has 3 aromatic rings. The molecule has 0 unspecified atom stereocenters. The molecule has 2 heterocycles. The summed E-state index contributed by atoms with van der Waals surface area (Å²) in [7, 11) is 1.42. The first kappa shape index (κ1) is 23.4. The number of carbonyl (C=O) groups excluding carboxylic acids is 2. The summed E-state index contributed by atoms with van der Waals surface area (Å²) in [6.07, 6.45) is -1.00. The maximum Gasteiger partial charge on any atom is 0.407 e. The summed E-state index contributed by atoms with van der Waals surface area (Å²) in [5.74, 6) is -1.45. The summed E-state index contributed by atoms with van der Waals surface area (Å²) in [4.78, 5) is 43.6. The van der Waals surface area contributed by atoms with Gasteiger partial charge in [0.05, 0.1) is 21.8 Å². The Bertz CT molecular complexity index is 1320. The Morgan fingerprint density at radius 2 is 1.91 bits per heavy atom. The highest BCUT2D eigenvalue weighted by atomic mass is 35.5. The van der Waals surface area contributed by atoms with Crippen molar-refractivity contribution in [3.05, 3.63) is 64.4 Å². The Labute approximate surface area is 199 Å². The minimum Gasteiger partial charge on any atom is -0.465 e. The molecule has 1 fully saturated rings. The number of carboxylic acid groups (broad SMARTS) is 1. The molecule has 1 aliphatic rings. The number of nitrogens with one attached hydrogen (secondary N) is 1. The highest BCUT2D eigenvalue weighted by Gasteiger charge is 2.30. The van der Waals surface area contributed by atoms with Crippen LogP contribution in [0.25, 0.3) is 22.2 Å². The average molecular weight is 485 g/mol. The molecule has 2 aromatic carbocycles. The number of benzene rings is 2. The summed E-state index contributed by atoms with van der Waals surface area (Å²) in [6.45, 7) is 2.57. The van der Waals surface area contributed by atoms with E-state index in [-0.39, 0.29) is 37.1 Å². The van der Waals surface area contributed by atoms with Gasteiger partial charge in [-0.3, -0.25) is 9.59 Å². The van der Waals surface area contributed by atoms with Crippen LogP contribution in [0.2, 0.25) is 5.02 Å². The number of hydrogen-bond donors (Lipinski definition) is 2. The predicted molar refractivity (Wildman–Crippen MR) is 126 cm³/mol. The largest absolute Gasteiger partial charge is 0.465 e. The van der Waals surface area contributed by atoms with Gasteiger partial charge in [0.15, 0.2) is 0 Å². The Balaban J connectivity index is 1.67. The van der Waals surface area contributed by atoms with Crippen molar-refractivity contribution in [3.8, 4) is 11.3 Å². The number of hydrogen-bond acceptors (Lipinski definition) is 4. The van der Waals surface area contributed by atoms with Gasteiger partial charge in [-0.2, -0.15) is 0 Å². The minimum absolute atomic E-state index is 0.0804. The lowest BCUT2D eigenvalue weighted by atomic mass is 10.0. The SMILES string of the molecule is CNC(=O)c1ccc(-c2cc(Cl)c3ccc(C(=O)N4CCN(C(=O)O)C[C@@H]4C)cc3n2)cc1F. The fourth-order valence-electron chi connectivity index (χ4n) is 4.06. The normalized spacial score (nSPS) is 15.9. The van der Waals surface area contributed by atoms with E-state index in [1.165, 1.54) is 24.1 Å². The van der Waals surface area contributed by atoms with Crippen LogP contribution in [0.15, 0.2) is 42.5 Å². The van der Waals surface area contributed by atoms with Crippen LogP contribution in [0.1, 0.15) is 27.6 Å². The van der Waals surface area contributed by atoms with E-state index < -0.39 is 17.8 Å². The minimum atomic E-state index is -1.00. The summed E-state index contributed by atoms with van der Waals surface area (Å²) in [6, 6.07) is 10.5. The van der Waals surface area contributed by atoms with Crippen molar-refractivity contribution in [2.24, 2.45) is 0 Å². The molecule has 176 valence electrons. The van der Waals surface area contributed by atoms with Gasteiger partial charge in [-0.05, 0) is 37.3 Å². The summed E-state index contributed by atoms with van der Waals surface area (Å²) in [5.41, 5.74) is 1.60. The highest BCUT2D eigenvalue weighted by molar-refractivity contribution is 6.35. The number of halogens is 2. The highest BCUT2D eigenvalue weighted by Crippen LogP contribution is 2.30. The van der Waals surface area contributed by atoms with Gasteiger partial charge in [0.2, 0.25) is 0 Å². The lowest BCUT2D eigenvalue weighted by molar-refractivity contribution is 0.0484. The fraction of sp³-hybridized carbons (Fsp3) is 0.250. The molecule has 1 aliphatic heterocycles. The predicted octanol–water partition coefficient (Wildman–Crippen LogP) is 3.88. The third-order valence-electron chi connectivity index (χ3n) is 5.90. The Kier molecular flexibility index (Phi) is 6.39. The Morgan fingerprint density at radius 3 is 2.56 bits per heavy atom. The molecule has 0 spiro atoms. The second-order valence-electron chi connectivity index (χ2n) is 8.07. The Hall–Kier alpha value is -3.72. The van der Waals surface area contributed by atoms with Crippen LogP contribution < -0.4 is 5.32 Å². The van der Waals surface area contributed by atoms with Crippen LogP contribution >= 0.6 is 11.6 Å². The lowest BCUT2D eigenvalue weighted by Gasteiger charge is -2.38. The second-order valence-corrected chi connectivity index (χ2v) is 8.48. The number of rotatable bonds is 3. The summed E-state index contributed by atoms with van der Waals surface area (Å²) in [5, 5.41) is 12.6. The van der Waals surface area contributed by atoms with Gasteiger partial charge in [-0.25, -0.2) is 14.2 Å². The standard InChI is InChI=1S/C24H22ClFN4O4/c1-13-12-29(24(33)34)7-8-30(13)23(32)15-4-5-16-18(25)11-20(28-21(16)10-15)14-3-6-17(19(26)9-14)22(31)27-2/h3-6,9-11,13H,7-8,12H2,1-2H3,(H,27,31)(H,33,34)/t13-/m0/s1. The third-order valence-corrected chi connectivity index (χ3v) is 6.21. The fourth-order valence-corrected chi connectivity index (χ4v) is 4.32. The van der Waals surface area contributed by atoms with Crippen molar-refractivity contribution in [3.63, 3.8) is 0 Å². The first-order valence-electron chi connectivity index (χ1n) is 10.6. The summed E-state index contributed by atoms with van der Waals surface area (Å²) >= 11 is 6.45.